The van der Waals surface area contributed by atoms with Crippen LogP contribution >= 0.6 is 0 Å². The van der Waals surface area contributed by atoms with Gasteiger partial charge in [0.2, 0.25) is 0 Å². The Morgan fingerprint density at radius 3 is 2.46 bits per heavy atom. The highest BCUT2D eigenvalue weighted by Gasteiger charge is 2.15. The zero-order valence-electron chi connectivity index (χ0n) is 15.1. The van der Waals surface area contributed by atoms with Crippen LogP contribution in [0.4, 0.5) is 21.9 Å². The van der Waals surface area contributed by atoms with E-state index >= 15 is 0 Å². The highest BCUT2D eigenvalue weighted by Crippen LogP contribution is 2.29. The summed E-state index contributed by atoms with van der Waals surface area (Å²) in [6, 6.07) is 8.93. The van der Waals surface area contributed by atoms with E-state index in [9.17, 15) is 20.0 Å². The van der Waals surface area contributed by atoms with Crippen LogP contribution in [0.5, 0.6) is 5.75 Å². The molecule has 0 unspecified atom stereocenters. The molecule has 0 saturated heterocycles. The summed E-state index contributed by atoms with van der Waals surface area (Å²) in [5.41, 5.74) is 2.69. The van der Waals surface area contributed by atoms with Crippen LogP contribution in [0, 0.1) is 16.0 Å². The number of benzene rings is 2. The molecule has 0 aliphatic rings. The number of phenolic OH excluding ortho intramolecular Hbond substituents is 1. The summed E-state index contributed by atoms with van der Waals surface area (Å²) in [5.74, 6) is 0.0740. The molecule has 2 aromatic rings. The standard InChI is InChI=1S/C19H23N3O4/c1-4-13-6-5-7-14(10-12(2)3)18(13)21-19(24)20-16-9-8-15(22(25)26)11-17(16)23/h5-9,11-12,23H,4,10H2,1-3H3,(H2,20,21,24). The zero-order chi connectivity index (χ0) is 19.3. The van der Waals surface area contributed by atoms with Crippen LogP contribution in [0.1, 0.15) is 31.9 Å². The van der Waals surface area contributed by atoms with Gasteiger partial charge < -0.3 is 15.7 Å². The number of rotatable bonds is 6. The van der Waals surface area contributed by atoms with Gasteiger partial charge in [-0.3, -0.25) is 10.1 Å². The molecule has 7 nitrogen and oxygen atoms in total. The van der Waals surface area contributed by atoms with E-state index < -0.39 is 11.0 Å². The largest absolute Gasteiger partial charge is 0.506 e. The highest BCUT2D eigenvalue weighted by atomic mass is 16.6. The number of aromatic hydroxyl groups is 1. The quantitative estimate of drug-likeness (QED) is 0.396. The number of hydrogen-bond donors (Lipinski definition) is 3. The Bertz CT molecular complexity index is 818. The minimum absolute atomic E-state index is 0.104. The molecular formula is C19H23N3O4. The van der Waals surface area contributed by atoms with Crippen LogP contribution in [0.15, 0.2) is 36.4 Å². The number of para-hydroxylation sites is 1. The van der Waals surface area contributed by atoms with E-state index in [1.54, 1.807) is 0 Å². The molecule has 0 aromatic heterocycles. The van der Waals surface area contributed by atoms with E-state index in [2.05, 4.69) is 24.5 Å². The first-order valence-electron chi connectivity index (χ1n) is 8.48. The topological polar surface area (TPSA) is 104 Å². The molecule has 0 saturated carbocycles. The second-order valence-corrected chi connectivity index (χ2v) is 6.44. The number of non-ortho nitro benzene ring substituents is 1. The molecule has 2 amide bonds. The van der Waals surface area contributed by atoms with Gasteiger partial charge in [0.05, 0.1) is 16.7 Å². The van der Waals surface area contributed by atoms with Gasteiger partial charge in [-0.05, 0) is 36.0 Å². The fourth-order valence-electron chi connectivity index (χ4n) is 2.72. The van der Waals surface area contributed by atoms with Gasteiger partial charge in [0.1, 0.15) is 5.75 Å². The maximum absolute atomic E-state index is 12.4. The van der Waals surface area contributed by atoms with Crippen molar-refractivity contribution in [1.29, 1.82) is 0 Å². The van der Waals surface area contributed by atoms with Gasteiger partial charge in [0, 0.05) is 11.8 Å². The number of aryl methyl sites for hydroxylation is 1. The summed E-state index contributed by atoms with van der Waals surface area (Å²) in [5, 5.41) is 26.0. The molecule has 0 bridgehead atoms. The molecule has 0 radical (unpaired) electrons. The third-order valence-electron chi connectivity index (χ3n) is 3.92. The first kappa shape index (κ1) is 19.2. The molecule has 0 aliphatic carbocycles. The predicted octanol–water partition coefficient (Wildman–Crippen LogP) is 4.71. The zero-order valence-corrected chi connectivity index (χ0v) is 15.1. The van der Waals surface area contributed by atoms with E-state index in [0.29, 0.717) is 5.92 Å². The van der Waals surface area contributed by atoms with E-state index in [1.807, 2.05) is 25.1 Å². The Morgan fingerprint density at radius 2 is 1.88 bits per heavy atom. The molecular weight excluding hydrogens is 334 g/mol. The number of amides is 2. The molecule has 0 atom stereocenters. The van der Waals surface area contributed by atoms with Gasteiger partial charge in [-0.1, -0.05) is 39.0 Å². The second-order valence-electron chi connectivity index (χ2n) is 6.44. The Hall–Kier alpha value is -3.09. The van der Waals surface area contributed by atoms with Crippen molar-refractivity contribution in [2.75, 3.05) is 10.6 Å². The fraction of sp³-hybridized carbons (Fsp3) is 0.316. The monoisotopic (exact) mass is 357 g/mol. The average molecular weight is 357 g/mol. The summed E-state index contributed by atoms with van der Waals surface area (Å²) in [6.07, 6.45) is 1.59. The Kier molecular flexibility index (Phi) is 6.16. The Morgan fingerprint density at radius 1 is 1.19 bits per heavy atom. The molecule has 138 valence electrons. The lowest BCUT2D eigenvalue weighted by atomic mass is 9.97. The van der Waals surface area contributed by atoms with Crippen LogP contribution in [0.2, 0.25) is 0 Å². The van der Waals surface area contributed by atoms with Gasteiger partial charge in [-0.25, -0.2) is 4.79 Å². The molecule has 2 aromatic carbocycles. The van der Waals surface area contributed by atoms with Gasteiger partial charge >= 0.3 is 6.03 Å². The number of phenols is 1. The van der Waals surface area contributed by atoms with E-state index in [-0.39, 0.29) is 17.1 Å². The molecule has 0 heterocycles. The van der Waals surface area contributed by atoms with Crippen molar-refractivity contribution in [2.45, 2.75) is 33.6 Å². The van der Waals surface area contributed by atoms with Crippen molar-refractivity contribution in [3.63, 3.8) is 0 Å². The van der Waals surface area contributed by atoms with E-state index in [1.165, 1.54) is 12.1 Å². The van der Waals surface area contributed by atoms with Crippen LogP contribution in [-0.2, 0) is 12.8 Å². The van der Waals surface area contributed by atoms with E-state index in [0.717, 1.165) is 35.7 Å². The Labute approximate surface area is 152 Å². The van der Waals surface area contributed by atoms with Gasteiger partial charge in [0.25, 0.3) is 5.69 Å². The molecule has 26 heavy (non-hydrogen) atoms. The van der Waals surface area contributed by atoms with Crippen molar-refractivity contribution in [3.8, 4) is 5.75 Å². The summed E-state index contributed by atoms with van der Waals surface area (Å²) in [4.78, 5) is 22.5. The van der Waals surface area contributed by atoms with Gasteiger partial charge in [0.15, 0.2) is 0 Å². The summed E-state index contributed by atoms with van der Waals surface area (Å²) >= 11 is 0. The third kappa shape index (κ3) is 4.72. The van der Waals surface area contributed by atoms with E-state index in [4.69, 9.17) is 0 Å². The number of nitro groups is 1. The summed E-state index contributed by atoms with van der Waals surface area (Å²) < 4.78 is 0. The minimum Gasteiger partial charge on any atom is -0.506 e. The molecule has 3 N–H and O–H groups in total. The number of anilines is 2. The second kappa shape index (κ2) is 8.33. The average Bonchev–Trinajstić information content (AvgIpc) is 2.57. The maximum Gasteiger partial charge on any atom is 0.323 e. The fourth-order valence-corrected chi connectivity index (χ4v) is 2.72. The number of carbonyl (C=O) groups excluding carboxylic acids is 1. The van der Waals surface area contributed by atoms with Crippen molar-refractivity contribution in [3.05, 3.63) is 57.6 Å². The summed E-state index contributed by atoms with van der Waals surface area (Å²) in [6.45, 7) is 6.23. The molecule has 0 fully saturated rings. The number of nitrogens with one attached hydrogen (secondary N) is 2. The van der Waals surface area contributed by atoms with Crippen molar-refractivity contribution >= 4 is 23.1 Å². The summed E-state index contributed by atoms with van der Waals surface area (Å²) in [7, 11) is 0. The molecule has 0 aliphatic heterocycles. The first-order valence-corrected chi connectivity index (χ1v) is 8.48. The number of hydrogen-bond acceptors (Lipinski definition) is 4. The number of nitro benzene ring substituents is 1. The third-order valence-corrected chi connectivity index (χ3v) is 3.92. The van der Waals surface area contributed by atoms with Gasteiger partial charge in [-0.15, -0.1) is 0 Å². The highest BCUT2D eigenvalue weighted by molar-refractivity contribution is 6.01. The normalized spacial score (nSPS) is 10.6. The molecule has 7 heteroatoms. The SMILES string of the molecule is CCc1cccc(CC(C)C)c1NC(=O)Nc1ccc([N+](=O)[O-])cc1O. The van der Waals surface area contributed by atoms with Crippen LogP contribution in [-0.4, -0.2) is 16.1 Å². The number of carbonyl (C=O) groups is 1. The lowest BCUT2D eigenvalue weighted by molar-refractivity contribution is -0.384. The number of nitrogens with zero attached hydrogens (tertiary/aromatic N) is 1. The van der Waals surface area contributed by atoms with Crippen LogP contribution in [0.3, 0.4) is 0 Å². The molecule has 0 spiro atoms. The smallest absolute Gasteiger partial charge is 0.323 e. The van der Waals surface area contributed by atoms with Crippen LogP contribution < -0.4 is 10.6 Å². The van der Waals surface area contributed by atoms with Crippen molar-refractivity contribution in [1.82, 2.24) is 0 Å². The van der Waals surface area contributed by atoms with Crippen LogP contribution in [0.25, 0.3) is 0 Å². The van der Waals surface area contributed by atoms with Crippen molar-refractivity contribution < 1.29 is 14.8 Å². The van der Waals surface area contributed by atoms with Gasteiger partial charge in [-0.2, -0.15) is 0 Å². The predicted molar refractivity (Wildman–Crippen MR) is 102 cm³/mol. The number of urea groups is 1. The minimum atomic E-state index is -0.612. The Balaban J connectivity index is 2.21. The first-order chi connectivity index (χ1) is 12.3. The maximum atomic E-state index is 12.4. The lowest BCUT2D eigenvalue weighted by Crippen LogP contribution is -2.21. The lowest BCUT2D eigenvalue weighted by Gasteiger charge is -2.17. The van der Waals surface area contributed by atoms with Crippen molar-refractivity contribution in [2.24, 2.45) is 5.92 Å². The molecule has 2 rings (SSSR count).